The van der Waals surface area contributed by atoms with E-state index in [4.69, 9.17) is 10.3 Å². The first-order chi connectivity index (χ1) is 8.66. The number of hydrogen-bond donors (Lipinski definition) is 1. The fourth-order valence-electron chi connectivity index (χ4n) is 1.70. The van der Waals surface area contributed by atoms with E-state index >= 15 is 0 Å². The highest BCUT2D eigenvalue weighted by Crippen LogP contribution is 2.20. The van der Waals surface area contributed by atoms with Crippen LogP contribution in [-0.2, 0) is 11.2 Å². The number of benzene rings is 1. The van der Waals surface area contributed by atoms with Crippen LogP contribution in [-0.4, -0.2) is 16.0 Å². The van der Waals surface area contributed by atoms with Gasteiger partial charge in [0.25, 0.3) is 0 Å². The maximum atomic E-state index is 10.6. The Hall–Kier alpha value is -2.17. The minimum Gasteiger partial charge on any atom is -0.370 e. The molecule has 0 spiro atoms. The fourth-order valence-corrected chi connectivity index (χ4v) is 1.70. The topological polar surface area (TPSA) is 82.0 Å². The molecular formula is C13H15N3O2. The number of nitrogens with zero attached hydrogens (tertiary/aromatic N) is 2. The zero-order valence-electron chi connectivity index (χ0n) is 10.2. The highest BCUT2D eigenvalue weighted by Gasteiger charge is 2.10. The third-order valence-corrected chi connectivity index (χ3v) is 2.67. The van der Waals surface area contributed by atoms with Crippen molar-refractivity contribution in [2.24, 2.45) is 5.73 Å². The molecule has 5 nitrogen and oxygen atoms in total. The average Bonchev–Trinajstić information content (AvgIpc) is 2.78. The van der Waals surface area contributed by atoms with Gasteiger partial charge in [0, 0.05) is 18.4 Å². The van der Waals surface area contributed by atoms with E-state index in [-0.39, 0.29) is 5.91 Å². The minimum absolute atomic E-state index is 0.311. The number of amides is 1. The molecule has 0 fully saturated rings. The van der Waals surface area contributed by atoms with Crippen molar-refractivity contribution in [3.63, 3.8) is 0 Å². The molecule has 0 atom stereocenters. The van der Waals surface area contributed by atoms with Crippen LogP contribution in [0, 0.1) is 6.92 Å². The van der Waals surface area contributed by atoms with Gasteiger partial charge in [0.15, 0.2) is 0 Å². The number of aromatic nitrogens is 2. The molecule has 1 amide bonds. The van der Waals surface area contributed by atoms with Gasteiger partial charge in [0.1, 0.15) is 0 Å². The molecule has 0 unspecified atom stereocenters. The standard InChI is InChI=1S/C13H15N3O2/c1-9-5-2-3-6-10(9)13-15-12(18-16-13)8-4-7-11(14)17/h2-3,5-6H,4,7-8H2,1H3,(H2,14,17). The Kier molecular flexibility index (Phi) is 3.72. The Morgan fingerprint density at radius 3 is 2.89 bits per heavy atom. The van der Waals surface area contributed by atoms with Crippen molar-refractivity contribution in [1.29, 1.82) is 0 Å². The number of rotatable bonds is 5. The third kappa shape index (κ3) is 2.94. The van der Waals surface area contributed by atoms with E-state index in [9.17, 15) is 4.79 Å². The van der Waals surface area contributed by atoms with Crippen LogP contribution >= 0.6 is 0 Å². The highest BCUT2D eigenvalue weighted by atomic mass is 16.5. The predicted molar refractivity (Wildman–Crippen MR) is 66.6 cm³/mol. The van der Waals surface area contributed by atoms with Crippen molar-refractivity contribution in [3.8, 4) is 11.4 Å². The van der Waals surface area contributed by atoms with Gasteiger partial charge >= 0.3 is 0 Å². The second-order valence-corrected chi connectivity index (χ2v) is 4.15. The van der Waals surface area contributed by atoms with Crippen LogP contribution in [0.5, 0.6) is 0 Å². The molecule has 18 heavy (non-hydrogen) atoms. The summed E-state index contributed by atoms with van der Waals surface area (Å²) in [5, 5.41) is 3.94. The first-order valence-electron chi connectivity index (χ1n) is 5.83. The van der Waals surface area contributed by atoms with Crippen LogP contribution in [0.3, 0.4) is 0 Å². The van der Waals surface area contributed by atoms with Crippen molar-refractivity contribution in [2.45, 2.75) is 26.2 Å². The van der Waals surface area contributed by atoms with Gasteiger partial charge in [-0.15, -0.1) is 0 Å². The number of carbonyl (C=O) groups excluding carboxylic acids is 1. The van der Waals surface area contributed by atoms with E-state index in [1.807, 2.05) is 31.2 Å². The molecule has 94 valence electrons. The van der Waals surface area contributed by atoms with Gasteiger partial charge in [-0.25, -0.2) is 0 Å². The second kappa shape index (κ2) is 5.44. The predicted octanol–water partition coefficient (Wildman–Crippen LogP) is 1.85. The largest absolute Gasteiger partial charge is 0.370 e. The molecular weight excluding hydrogens is 230 g/mol. The molecule has 2 N–H and O–H groups in total. The van der Waals surface area contributed by atoms with Gasteiger partial charge in [-0.3, -0.25) is 4.79 Å². The summed E-state index contributed by atoms with van der Waals surface area (Å²) in [6.07, 6.45) is 1.54. The molecule has 0 bridgehead atoms. The molecule has 2 aromatic rings. The smallest absolute Gasteiger partial charge is 0.226 e. The molecule has 0 radical (unpaired) electrons. The Balaban J connectivity index is 2.06. The molecule has 1 heterocycles. The van der Waals surface area contributed by atoms with E-state index < -0.39 is 0 Å². The lowest BCUT2D eigenvalue weighted by Crippen LogP contribution is -2.10. The monoisotopic (exact) mass is 245 g/mol. The Labute approximate surface area is 105 Å². The van der Waals surface area contributed by atoms with Crippen molar-refractivity contribution in [2.75, 3.05) is 0 Å². The summed E-state index contributed by atoms with van der Waals surface area (Å²) in [6.45, 7) is 2.00. The highest BCUT2D eigenvalue weighted by molar-refractivity contribution is 5.73. The molecule has 2 rings (SSSR count). The molecule has 0 aliphatic rings. The van der Waals surface area contributed by atoms with Gasteiger partial charge in [-0.2, -0.15) is 4.98 Å². The van der Waals surface area contributed by atoms with E-state index in [2.05, 4.69) is 10.1 Å². The van der Waals surface area contributed by atoms with Crippen LogP contribution in [0.1, 0.15) is 24.3 Å². The first kappa shape index (κ1) is 12.3. The average molecular weight is 245 g/mol. The maximum absolute atomic E-state index is 10.6. The summed E-state index contributed by atoms with van der Waals surface area (Å²) in [5.41, 5.74) is 7.13. The van der Waals surface area contributed by atoms with Crippen molar-refractivity contribution < 1.29 is 9.32 Å². The summed E-state index contributed by atoms with van der Waals surface area (Å²) < 4.78 is 5.14. The molecule has 1 aromatic heterocycles. The third-order valence-electron chi connectivity index (χ3n) is 2.67. The zero-order chi connectivity index (χ0) is 13.0. The number of primary amides is 1. The van der Waals surface area contributed by atoms with Gasteiger partial charge in [-0.1, -0.05) is 29.4 Å². The number of carbonyl (C=O) groups is 1. The number of hydrogen-bond acceptors (Lipinski definition) is 4. The van der Waals surface area contributed by atoms with E-state index in [0.717, 1.165) is 11.1 Å². The summed E-state index contributed by atoms with van der Waals surface area (Å²) in [7, 11) is 0. The summed E-state index contributed by atoms with van der Waals surface area (Å²) in [6, 6.07) is 7.85. The molecule has 0 aliphatic heterocycles. The van der Waals surface area contributed by atoms with Gasteiger partial charge in [0.2, 0.25) is 17.6 Å². The summed E-state index contributed by atoms with van der Waals surface area (Å²) >= 11 is 0. The second-order valence-electron chi connectivity index (χ2n) is 4.15. The Morgan fingerprint density at radius 2 is 2.17 bits per heavy atom. The van der Waals surface area contributed by atoms with Crippen LogP contribution in [0.25, 0.3) is 11.4 Å². The molecule has 0 saturated carbocycles. The molecule has 0 saturated heterocycles. The van der Waals surface area contributed by atoms with Gasteiger partial charge in [-0.05, 0) is 18.9 Å². The molecule has 1 aromatic carbocycles. The Bertz CT molecular complexity index is 549. The lowest BCUT2D eigenvalue weighted by atomic mass is 10.1. The molecule has 0 aliphatic carbocycles. The number of nitrogens with two attached hydrogens (primary N) is 1. The lowest BCUT2D eigenvalue weighted by Gasteiger charge is -1.97. The fraction of sp³-hybridized carbons (Fsp3) is 0.308. The van der Waals surface area contributed by atoms with E-state index in [0.29, 0.717) is 31.0 Å². The normalized spacial score (nSPS) is 10.5. The minimum atomic E-state index is -0.311. The Morgan fingerprint density at radius 1 is 1.39 bits per heavy atom. The lowest BCUT2D eigenvalue weighted by molar-refractivity contribution is -0.118. The maximum Gasteiger partial charge on any atom is 0.226 e. The zero-order valence-corrected chi connectivity index (χ0v) is 10.2. The van der Waals surface area contributed by atoms with E-state index in [1.165, 1.54) is 0 Å². The quantitative estimate of drug-likeness (QED) is 0.871. The van der Waals surface area contributed by atoms with Crippen LogP contribution in [0.15, 0.2) is 28.8 Å². The van der Waals surface area contributed by atoms with Crippen LogP contribution in [0.4, 0.5) is 0 Å². The van der Waals surface area contributed by atoms with Gasteiger partial charge < -0.3 is 10.3 Å². The van der Waals surface area contributed by atoms with Crippen LogP contribution < -0.4 is 5.73 Å². The molecule has 5 heteroatoms. The van der Waals surface area contributed by atoms with Crippen molar-refractivity contribution in [3.05, 3.63) is 35.7 Å². The van der Waals surface area contributed by atoms with E-state index in [1.54, 1.807) is 0 Å². The number of aryl methyl sites for hydroxylation is 2. The SMILES string of the molecule is Cc1ccccc1-c1noc(CCCC(N)=O)n1. The van der Waals surface area contributed by atoms with Crippen molar-refractivity contribution in [1.82, 2.24) is 10.1 Å². The first-order valence-corrected chi connectivity index (χ1v) is 5.83. The van der Waals surface area contributed by atoms with Gasteiger partial charge in [0.05, 0.1) is 0 Å². The summed E-state index contributed by atoms with van der Waals surface area (Å²) in [4.78, 5) is 14.9. The summed E-state index contributed by atoms with van der Waals surface area (Å²) in [5.74, 6) is 0.810. The van der Waals surface area contributed by atoms with Crippen LogP contribution in [0.2, 0.25) is 0 Å². The van der Waals surface area contributed by atoms with Crippen molar-refractivity contribution >= 4 is 5.91 Å².